The highest BCUT2D eigenvalue weighted by molar-refractivity contribution is 6.07. The Balaban J connectivity index is 0.00000220. The van der Waals surface area contributed by atoms with Gasteiger partial charge in [0.1, 0.15) is 0 Å². The van der Waals surface area contributed by atoms with Crippen LogP contribution in [0.4, 0.5) is 11.5 Å². The minimum atomic E-state index is -0.259. The lowest BCUT2D eigenvalue weighted by molar-refractivity contribution is 0.102. The number of para-hydroxylation sites is 1. The van der Waals surface area contributed by atoms with Crippen LogP contribution < -0.4 is 11.1 Å². The van der Waals surface area contributed by atoms with E-state index in [9.17, 15) is 4.79 Å². The van der Waals surface area contributed by atoms with Crippen LogP contribution in [0, 0.1) is 0 Å². The smallest absolute Gasteiger partial charge is 0.258 e. The van der Waals surface area contributed by atoms with Gasteiger partial charge in [0.2, 0.25) is 0 Å². The van der Waals surface area contributed by atoms with Gasteiger partial charge in [0.15, 0.2) is 5.82 Å². The highest BCUT2D eigenvalue weighted by Gasteiger charge is 2.10. The van der Waals surface area contributed by atoms with Crippen molar-refractivity contribution in [2.75, 3.05) is 24.8 Å². The number of nitrogens with one attached hydrogen (secondary N) is 1. The molecule has 1 aromatic heterocycles. The number of aromatic nitrogens is 2. The number of methoxy groups -OCH3 is 1. The normalized spacial score (nSPS) is 9.95. The number of carbonyl (C=O) groups is 1. The van der Waals surface area contributed by atoms with Crippen LogP contribution in [0.1, 0.15) is 16.8 Å². The van der Waals surface area contributed by atoms with Crippen LogP contribution in [-0.4, -0.2) is 29.4 Å². The monoisotopic (exact) mass is 310 g/mol. The second-order valence-electron chi connectivity index (χ2n) is 4.35. The first-order chi connectivity index (χ1) is 9.70. The van der Waals surface area contributed by atoms with Crippen molar-refractivity contribution >= 4 is 29.8 Å². The Morgan fingerprint density at radius 1 is 1.38 bits per heavy atom. The number of nitrogen functional groups attached to an aromatic ring is 1. The molecule has 0 aliphatic heterocycles. The van der Waals surface area contributed by atoms with Gasteiger partial charge in [-0.2, -0.15) is 5.10 Å². The van der Waals surface area contributed by atoms with Gasteiger partial charge in [-0.15, -0.1) is 12.4 Å². The van der Waals surface area contributed by atoms with Gasteiger partial charge in [-0.25, -0.2) is 0 Å². The number of rotatable bonds is 6. The Morgan fingerprint density at radius 3 is 2.86 bits per heavy atom. The molecule has 0 radical (unpaired) electrons. The van der Waals surface area contributed by atoms with Crippen LogP contribution in [0.3, 0.4) is 0 Å². The van der Waals surface area contributed by atoms with Crippen molar-refractivity contribution in [1.82, 2.24) is 9.78 Å². The fourth-order valence-electron chi connectivity index (χ4n) is 1.81. The summed E-state index contributed by atoms with van der Waals surface area (Å²) in [6, 6.07) is 8.69. The quantitative estimate of drug-likeness (QED) is 0.633. The van der Waals surface area contributed by atoms with Gasteiger partial charge in [0, 0.05) is 38.2 Å². The zero-order chi connectivity index (χ0) is 14.4. The van der Waals surface area contributed by atoms with Gasteiger partial charge in [-0.1, -0.05) is 12.1 Å². The number of amides is 1. The minimum Gasteiger partial charge on any atom is -0.398 e. The summed E-state index contributed by atoms with van der Waals surface area (Å²) in [5.74, 6) is 0.251. The van der Waals surface area contributed by atoms with E-state index in [-0.39, 0.29) is 18.3 Å². The summed E-state index contributed by atoms with van der Waals surface area (Å²) in [7, 11) is 1.67. The van der Waals surface area contributed by atoms with E-state index in [4.69, 9.17) is 10.5 Å². The van der Waals surface area contributed by atoms with Gasteiger partial charge in [0.05, 0.1) is 5.56 Å². The standard InChI is InChI=1S/C14H18N4O2.ClH/c1-20-10-4-8-18-9-7-13(17-18)16-14(19)11-5-2-3-6-12(11)15;/h2-3,5-7,9H,4,8,10,15H2,1H3,(H,16,17,19);1H. The molecule has 1 aromatic carbocycles. The molecule has 0 aliphatic rings. The van der Waals surface area contributed by atoms with Gasteiger partial charge in [-0.3, -0.25) is 9.48 Å². The number of carbonyl (C=O) groups excluding carboxylic acids is 1. The highest BCUT2D eigenvalue weighted by Crippen LogP contribution is 2.13. The SMILES string of the molecule is COCCCn1ccc(NC(=O)c2ccccc2N)n1.Cl. The van der Waals surface area contributed by atoms with Crippen molar-refractivity contribution in [1.29, 1.82) is 0 Å². The number of halogens is 1. The van der Waals surface area contributed by atoms with Crippen molar-refractivity contribution in [3.63, 3.8) is 0 Å². The largest absolute Gasteiger partial charge is 0.398 e. The lowest BCUT2D eigenvalue weighted by atomic mass is 10.2. The van der Waals surface area contributed by atoms with Crippen LogP contribution in [0.15, 0.2) is 36.5 Å². The summed E-state index contributed by atoms with van der Waals surface area (Å²) in [6.45, 7) is 1.43. The number of aryl methyl sites for hydroxylation is 1. The molecule has 3 N–H and O–H groups in total. The number of nitrogens with zero attached hydrogens (tertiary/aromatic N) is 2. The van der Waals surface area contributed by atoms with Crippen LogP contribution in [0.5, 0.6) is 0 Å². The van der Waals surface area contributed by atoms with Crippen molar-refractivity contribution in [2.45, 2.75) is 13.0 Å². The molecule has 7 heteroatoms. The van der Waals surface area contributed by atoms with Crippen molar-refractivity contribution < 1.29 is 9.53 Å². The number of nitrogens with two attached hydrogens (primary N) is 1. The lowest BCUT2D eigenvalue weighted by Gasteiger charge is -2.05. The molecule has 2 rings (SSSR count). The minimum absolute atomic E-state index is 0. The summed E-state index contributed by atoms with van der Waals surface area (Å²) in [6.07, 6.45) is 2.69. The Labute approximate surface area is 129 Å². The van der Waals surface area contributed by atoms with Gasteiger partial charge >= 0.3 is 0 Å². The number of anilines is 2. The molecule has 0 saturated heterocycles. The van der Waals surface area contributed by atoms with Gasteiger partial charge < -0.3 is 15.8 Å². The predicted octanol–water partition coefficient (Wildman–Crippen LogP) is 2.18. The zero-order valence-corrected chi connectivity index (χ0v) is 12.6. The molecule has 2 aromatic rings. The molecule has 0 atom stereocenters. The Hall–Kier alpha value is -2.05. The molecule has 114 valence electrons. The average molecular weight is 311 g/mol. The van der Waals surface area contributed by atoms with E-state index >= 15 is 0 Å². The van der Waals surface area contributed by atoms with Crippen LogP contribution in [0.2, 0.25) is 0 Å². The van der Waals surface area contributed by atoms with Crippen LogP contribution in [0.25, 0.3) is 0 Å². The van der Waals surface area contributed by atoms with Crippen molar-refractivity contribution in [3.8, 4) is 0 Å². The first-order valence-corrected chi connectivity index (χ1v) is 6.39. The number of benzene rings is 1. The Bertz CT molecular complexity index is 586. The van der Waals surface area contributed by atoms with Crippen LogP contribution in [-0.2, 0) is 11.3 Å². The molecule has 21 heavy (non-hydrogen) atoms. The Morgan fingerprint density at radius 2 is 2.14 bits per heavy atom. The fourth-order valence-corrected chi connectivity index (χ4v) is 1.81. The maximum absolute atomic E-state index is 12.0. The van der Waals surface area contributed by atoms with Crippen molar-refractivity contribution in [3.05, 3.63) is 42.1 Å². The van der Waals surface area contributed by atoms with Gasteiger partial charge in [0.25, 0.3) is 5.91 Å². The maximum atomic E-state index is 12.0. The summed E-state index contributed by atoms with van der Waals surface area (Å²) in [5, 5.41) is 6.99. The number of ether oxygens (including phenoxy) is 1. The number of hydrogen-bond donors (Lipinski definition) is 2. The summed E-state index contributed by atoms with van der Waals surface area (Å²) < 4.78 is 6.75. The number of hydrogen-bond acceptors (Lipinski definition) is 4. The van der Waals surface area contributed by atoms with Gasteiger partial charge in [-0.05, 0) is 18.6 Å². The van der Waals surface area contributed by atoms with E-state index in [2.05, 4.69) is 10.4 Å². The summed E-state index contributed by atoms with van der Waals surface area (Å²) >= 11 is 0. The van der Waals surface area contributed by atoms with Crippen molar-refractivity contribution in [2.24, 2.45) is 0 Å². The molecule has 0 aliphatic carbocycles. The molecule has 6 nitrogen and oxygen atoms in total. The average Bonchev–Trinajstić information content (AvgIpc) is 2.87. The third kappa shape index (κ3) is 4.77. The predicted molar refractivity (Wildman–Crippen MR) is 84.8 cm³/mol. The third-order valence-electron chi connectivity index (χ3n) is 2.82. The lowest BCUT2D eigenvalue weighted by Crippen LogP contribution is -2.14. The second kappa shape index (κ2) is 8.28. The van der Waals surface area contributed by atoms with E-state index in [1.54, 1.807) is 42.1 Å². The molecule has 1 amide bonds. The van der Waals surface area contributed by atoms with E-state index in [1.807, 2.05) is 6.20 Å². The van der Waals surface area contributed by atoms with E-state index in [0.29, 0.717) is 23.7 Å². The van der Waals surface area contributed by atoms with E-state index in [0.717, 1.165) is 13.0 Å². The maximum Gasteiger partial charge on any atom is 0.258 e. The molecule has 0 bridgehead atoms. The Kier molecular flexibility index (Phi) is 6.71. The zero-order valence-electron chi connectivity index (χ0n) is 11.8. The fraction of sp³-hybridized carbons (Fsp3) is 0.286. The molecule has 1 heterocycles. The molecule has 0 fully saturated rings. The summed E-state index contributed by atoms with van der Waals surface area (Å²) in [5.41, 5.74) is 6.66. The molecule has 0 unspecified atom stereocenters. The first-order valence-electron chi connectivity index (χ1n) is 6.39. The molecule has 0 saturated carbocycles. The second-order valence-corrected chi connectivity index (χ2v) is 4.35. The van der Waals surface area contributed by atoms with E-state index in [1.165, 1.54) is 0 Å². The first kappa shape index (κ1) is 17.0. The molecule has 0 spiro atoms. The van der Waals surface area contributed by atoms with Crippen LogP contribution >= 0.6 is 12.4 Å². The molecular formula is C14H19ClN4O2. The van der Waals surface area contributed by atoms with E-state index < -0.39 is 0 Å². The highest BCUT2D eigenvalue weighted by atomic mass is 35.5. The summed E-state index contributed by atoms with van der Waals surface area (Å²) in [4.78, 5) is 12.0. The topological polar surface area (TPSA) is 82.2 Å². The molecular weight excluding hydrogens is 292 g/mol. The third-order valence-corrected chi connectivity index (χ3v) is 2.82.